The Balaban J connectivity index is 1.34. The molecule has 0 saturated carbocycles. The summed E-state index contributed by atoms with van der Waals surface area (Å²) < 4.78 is 0. The molecule has 5 rings (SSSR count). The highest BCUT2D eigenvalue weighted by atomic mass is 16.3. The van der Waals surface area contributed by atoms with Gasteiger partial charge in [0.05, 0.1) is 5.69 Å². The van der Waals surface area contributed by atoms with Gasteiger partial charge in [-0.25, -0.2) is 4.99 Å². The number of nitrogens with zero attached hydrogens (tertiary/aromatic N) is 3. The third-order valence-electron chi connectivity index (χ3n) is 7.60. The van der Waals surface area contributed by atoms with Crippen molar-refractivity contribution in [3.63, 3.8) is 0 Å². The summed E-state index contributed by atoms with van der Waals surface area (Å²) in [7, 11) is 0. The normalized spacial score (nSPS) is 15.6. The molecule has 6 heteroatoms. The molecule has 1 amide bonds. The molecule has 0 aliphatic carbocycles. The second kappa shape index (κ2) is 12.0. The number of aliphatic imine (C=N–C) groups is 1. The Bertz CT molecular complexity index is 1390. The SMILES string of the molecule is CCCN(CCC)C(O)C1=Cc2ccc(-c3ccc(C(=O)N4CCc5ccccc5C4)cc3)cc2N=C(N)C1. The van der Waals surface area contributed by atoms with E-state index in [1.54, 1.807) is 0 Å². The highest BCUT2D eigenvalue weighted by Gasteiger charge is 2.23. The van der Waals surface area contributed by atoms with E-state index in [0.29, 0.717) is 24.4 Å². The van der Waals surface area contributed by atoms with E-state index in [1.165, 1.54) is 11.1 Å². The van der Waals surface area contributed by atoms with Crippen molar-refractivity contribution in [2.24, 2.45) is 10.7 Å². The molecule has 2 aliphatic rings. The average molecular weight is 523 g/mol. The van der Waals surface area contributed by atoms with E-state index in [-0.39, 0.29) is 5.91 Å². The van der Waals surface area contributed by atoms with Gasteiger partial charge in [0, 0.05) is 43.7 Å². The number of hydrogen-bond acceptors (Lipinski definition) is 5. The maximum absolute atomic E-state index is 13.2. The van der Waals surface area contributed by atoms with Crippen molar-refractivity contribution in [1.29, 1.82) is 0 Å². The Hall–Kier alpha value is -3.74. The summed E-state index contributed by atoms with van der Waals surface area (Å²) >= 11 is 0. The monoisotopic (exact) mass is 522 g/mol. The molecular formula is C33H38N4O2. The van der Waals surface area contributed by atoms with Gasteiger partial charge in [0.2, 0.25) is 0 Å². The lowest BCUT2D eigenvalue weighted by molar-refractivity contribution is 0.0323. The van der Waals surface area contributed by atoms with Crippen molar-refractivity contribution in [1.82, 2.24) is 9.80 Å². The summed E-state index contributed by atoms with van der Waals surface area (Å²) in [5.41, 5.74) is 14.2. The first-order valence-electron chi connectivity index (χ1n) is 14.0. The smallest absolute Gasteiger partial charge is 0.254 e. The molecule has 0 spiro atoms. The van der Waals surface area contributed by atoms with Crippen LogP contribution in [-0.4, -0.2) is 52.5 Å². The Labute approximate surface area is 231 Å². The van der Waals surface area contributed by atoms with Crippen LogP contribution in [0, 0.1) is 0 Å². The average Bonchev–Trinajstić information content (AvgIpc) is 3.13. The van der Waals surface area contributed by atoms with Crippen LogP contribution in [0.2, 0.25) is 0 Å². The number of benzene rings is 3. The van der Waals surface area contributed by atoms with Crippen LogP contribution in [0.1, 0.15) is 60.2 Å². The Kier molecular flexibility index (Phi) is 8.24. The third-order valence-corrected chi connectivity index (χ3v) is 7.60. The van der Waals surface area contributed by atoms with Gasteiger partial charge < -0.3 is 15.7 Å². The van der Waals surface area contributed by atoms with Crippen LogP contribution in [0.15, 0.2) is 77.3 Å². The van der Waals surface area contributed by atoms with Crippen LogP contribution >= 0.6 is 0 Å². The highest BCUT2D eigenvalue weighted by Crippen LogP contribution is 2.33. The fraction of sp³-hybridized carbons (Fsp3) is 0.333. The number of rotatable bonds is 8. The van der Waals surface area contributed by atoms with Gasteiger partial charge in [0.15, 0.2) is 0 Å². The molecule has 1 unspecified atom stereocenters. The topological polar surface area (TPSA) is 82.2 Å². The number of hydrogen-bond donors (Lipinski definition) is 2. The maximum Gasteiger partial charge on any atom is 0.254 e. The number of amides is 1. The van der Waals surface area contributed by atoms with Gasteiger partial charge in [-0.2, -0.15) is 0 Å². The molecule has 202 valence electrons. The minimum atomic E-state index is -0.678. The van der Waals surface area contributed by atoms with Crippen molar-refractivity contribution >= 4 is 23.5 Å². The van der Waals surface area contributed by atoms with E-state index in [4.69, 9.17) is 5.73 Å². The second-order valence-corrected chi connectivity index (χ2v) is 10.5. The van der Waals surface area contributed by atoms with E-state index < -0.39 is 6.23 Å². The zero-order valence-corrected chi connectivity index (χ0v) is 22.9. The molecule has 2 heterocycles. The molecule has 3 N–H and O–H groups in total. The molecule has 39 heavy (non-hydrogen) atoms. The Morgan fingerprint density at radius 1 is 1.00 bits per heavy atom. The summed E-state index contributed by atoms with van der Waals surface area (Å²) in [6, 6.07) is 22.3. The number of carbonyl (C=O) groups is 1. The van der Waals surface area contributed by atoms with Gasteiger partial charge in [-0.05, 0) is 71.4 Å². The lowest BCUT2D eigenvalue weighted by atomic mass is 9.98. The van der Waals surface area contributed by atoms with Crippen LogP contribution in [0.4, 0.5) is 5.69 Å². The molecule has 0 bridgehead atoms. The zero-order valence-electron chi connectivity index (χ0n) is 22.9. The predicted octanol–water partition coefficient (Wildman–Crippen LogP) is 5.77. The summed E-state index contributed by atoms with van der Waals surface area (Å²) in [5.74, 6) is 0.556. The van der Waals surface area contributed by atoms with Gasteiger partial charge in [-0.1, -0.05) is 62.4 Å². The lowest BCUT2D eigenvalue weighted by Gasteiger charge is -2.29. The maximum atomic E-state index is 13.2. The van der Waals surface area contributed by atoms with Crippen molar-refractivity contribution in [3.05, 3.63) is 94.6 Å². The van der Waals surface area contributed by atoms with Crippen LogP contribution in [0.3, 0.4) is 0 Å². The lowest BCUT2D eigenvalue weighted by Crippen LogP contribution is -2.38. The van der Waals surface area contributed by atoms with E-state index in [9.17, 15) is 9.90 Å². The van der Waals surface area contributed by atoms with Crippen molar-refractivity contribution in [2.75, 3.05) is 19.6 Å². The fourth-order valence-electron chi connectivity index (χ4n) is 5.58. The van der Waals surface area contributed by atoms with Crippen molar-refractivity contribution in [2.45, 2.75) is 52.3 Å². The third kappa shape index (κ3) is 5.97. The number of aliphatic hydroxyl groups is 1. The van der Waals surface area contributed by atoms with E-state index >= 15 is 0 Å². The predicted molar refractivity (Wildman–Crippen MR) is 159 cm³/mol. The Morgan fingerprint density at radius 3 is 2.41 bits per heavy atom. The van der Waals surface area contributed by atoms with Crippen LogP contribution in [0.5, 0.6) is 0 Å². The number of amidine groups is 1. The summed E-state index contributed by atoms with van der Waals surface area (Å²) in [6.07, 6.45) is 4.63. The molecule has 0 saturated heterocycles. The summed E-state index contributed by atoms with van der Waals surface area (Å²) in [5, 5.41) is 11.1. The van der Waals surface area contributed by atoms with Crippen molar-refractivity contribution < 1.29 is 9.90 Å². The van der Waals surface area contributed by atoms with E-state index in [2.05, 4.69) is 48.0 Å². The van der Waals surface area contributed by atoms with E-state index in [0.717, 1.165) is 66.8 Å². The quantitative estimate of drug-likeness (QED) is 0.368. The molecule has 1 atom stereocenters. The largest absolute Gasteiger partial charge is 0.387 e. The minimum Gasteiger partial charge on any atom is -0.387 e. The first-order chi connectivity index (χ1) is 19.0. The molecule has 6 nitrogen and oxygen atoms in total. The summed E-state index contributed by atoms with van der Waals surface area (Å²) in [6.45, 7) is 7.30. The minimum absolute atomic E-state index is 0.0618. The fourth-order valence-corrected chi connectivity index (χ4v) is 5.58. The van der Waals surface area contributed by atoms with Crippen LogP contribution in [0.25, 0.3) is 17.2 Å². The first kappa shape index (κ1) is 26.9. The number of carbonyl (C=O) groups excluding carboxylic acids is 1. The van der Waals surface area contributed by atoms with Crippen LogP contribution < -0.4 is 5.73 Å². The van der Waals surface area contributed by atoms with Crippen molar-refractivity contribution in [3.8, 4) is 11.1 Å². The van der Waals surface area contributed by atoms with Gasteiger partial charge in [-0.3, -0.25) is 9.69 Å². The number of aliphatic hydroxyl groups excluding tert-OH is 1. The number of fused-ring (bicyclic) bond motifs is 2. The molecule has 0 fully saturated rings. The molecule has 3 aromatic carbocycles. The standard InChI is InChI=1S/C33H38N4O2/c1-3-16-36(17-4-2)33(39)29-19-27-14-13-26(20-30(27)35-31(34)21-29)24-9-11-25(12-10-24)32(38)37-18-15-23-7-5-6-8-28(23)22-37/h5-14,19-20,33,39H,3-4,15-18,21-22H2,1-2H3,(H2,34,35). The molecular weight excluding hydrogens is 484 g/mol. The molecule has 3 aromatic rings. The number of nitrogens with two attached hydrogens (primary N) is 1. The van der Waals surface area contributed by atoms with Crippen LogP contribution in [-0.2, 0) is 13.0 Å². The zero-order chi connectivity index (χ0) is 27.4. The van der Waals surface area contributed by atoms with Gasteiger partial charge in [0.25, 0.3) is 5.91 Å². The van der Waals surface area contributed by atoms with Gasteiger partial charge in [-0.15, -0.1) is 0 Å². The summed E-state index contributed by atoms with van der Waals surface area (Å²) in [4.78, 5) is 21.9. The Morgan fingerprint density at radius 2 is 1.69 bits per heavy atom. The van der Waals surface area contributed by atoms with Gasteiger partial charge in [0.1, 0.15) is 12.1 Å². The highest BCUT2D eigenvalue weighted by molar-refractivity contribution is 5.95. The molecule has 2 aliphatic heterocycles. The molecule has 0 radical (unpaired) electrons. The van der Waals surface area contributed by atoms with E-state index in [1.807, 2.05) is 53.4 Å². The first-order valence-corrected chi connectivity index (χ1v) is 14.0. The molecule has 0 aromatic heterocycles. The van der Waals surface area contributed by atoms with Gasteiger partial charge >= 0.3 is 0 Å². The second-order valence-electron chi connectivity index (χ2n) is 10.5.